The first kappa shape index (κ1) is 14.0. The monoisotopic (exact) mass is 278 g/mol. The van der Waals surface area contributed by atoms with E-state index in [0.717, 1.165) is 24.4 Å². The second kappa shape index (κ2) is 6.69. The van der Waals surface area contributed by atoms with Gasteiger partial charge in [0.1, 0.15) is 11.5 Å². The second-order valence-electron chi connectivity index (χ2n) is 4.18. The van der Waals surface area contributed by atoms with E-state index in [1.807, 2.05) is 13.0 Å². The van der Waals surface area contributed by atoms with Crippen molar-refractivity contribution >= 4 is 11.9 Å². The number of hydrogen-bond donors (Lipinski definition) is 2. The molecule has 0 aliphatic rings. The zero-order valence-corrected chi connectivity index (χ0v) is 11.8. The van der Waals surface area contributed by atoms with Gasteiger partial charge in [-0.1, -0.05) is 12.1 Å². The van der Waals surface area contributed by atoms with Crippen LogP contribution >= 0.6 is 0 Å². The van der Waals surface area contributed by atoms with Gasteiger partial charge in [0.25, 0.3) is 0 Å². The maximum Gasteiger partial charge on any atom is 0.322 e. The molecule has 0 unspecified atom stereocenters. The molecule has 0 aliphatic carbocycles. The Bertz CT molecular complexity index is 557. The number of methoxy groups -OCH3 is 1. The fourth-order valence-electron chi connectivity index (χ4n) is 1.51. The Kier molecular flexibility index (Phi) is 4.70. The van der Waals surface area contributed by atoms with Gasteiger partial charge in [-0.15, -0.1) is 0 Å². The van der Waals surface area contributed by atoms with Crippen molar-refractivity contribution in [2.75, 3.05) is 24.3 Å². The minimum Gasteiger partial charge on any atom is -0.467 e. The van der Waals surface area contributed by atoms with Crippen molar-refractivity contribution in [3.8, 4) is 6.01 Å². The van der Waals surface area contributed by atoms with Crippen LogP contribution in [0, 0.1) is 6.92 Å². The van der Waals surface area contributed by atoms with Gasteiger partial charge in [-0.2, -0.15) is 15.0 Å². The van der Waals surface area contributed by atoms with Gasteiger partial charge < -0.3 is 19.9 Å². The summed E-state index contributed by atoms with van der Waals surface area (Å²) < 4.78 is 10.0. The summed E-state index contributed by atoms with van der Waals surface area (Å²) in [4.78, 5) is 12.5. The minimum absolute atomic E-state index is 0.262. The van der Waals surface area contributed by atoms with Gasteiger partial charge in [0.05, 0.1) is 13.7 Å². The van der Waals surface area contributed by atoms with Gasteiger partial charge in [-0.25, -0.2) is 0 Å². The summed E-state index contributed by atoms with van der Waals surface area (Å²) in [5, 5.41) is 10.0. The molecule has 0 amide bonds. The number of aryl methyl sites for hydroxylation is 1. The number of rotatable bonds is 7. The molecule has 0 atom stereocenters. The van der Waals surface area contributed by atoms with E-state index in [1.165, 1.54) is 7.11 Å². The topological polar surface area (TPSA) is 98.0 Å². The summed E-state index contributed by atoms with van der Waals surface area (Å²) in [5.41, 5.74) is 0.782. The van der Waals surface area contributed by atoms with E-state index in [0.29, 0.717) is 18.4 Å². The van der Waals surface area contributed by atoms with E-state index in [4.69, 9.17) is 9.26 Å². The lowest BCUT2D eigenvalue weighted by molar-refractivity contribution is 0.379. The molecule has 2 rings (SSSR count). The van der Waals surface area contributed by atoms with Crippen LogP contribution in [0.15, 0.2) is 10.6 Å². The highest BCUT2D eigenvalue weighted by atomic mass is 16.5. The van der Waals surface area contributed by atoms with Gasteiger partial charge in [0.15, 0.2) is 0 Å². The van der Waals surface area contributed by atoms with E-state index in [1.54, 1.807) is 0 Å². The van der Waals surface area contributed by atoms with Crippen molar-refractivity contribution in [3.63, 3.8) is 0 Å². The first-order chi connectivity index (χ1) is 9.71. The molecule has 8 nitrogen and oxygen atoms in total. The fourth-order valence-corrected chi connectivity index (χ4v) is 1.51. The van der Waals surface area contributed by atoms with Crippen LogP contribution in [-0.4, -0.2) is 33.8 Å². The summed E-state index contributed by atoms with van der Waals surface area (Å²) in [6.07, 6.45) is 0.981. The van der Waals surface area contributed by atoms with Crippen LogP contribution in [0.5, 0.6) is 6.01 Å². The lowest BCUT2D eigenvalue weighted by atomic mass is 10.4. The van der Waals surface area contributed by atoms with E-state index < -0.39 is 0 Å². The molecule has 0 aromatic carbocycles. The summed E-state index contributed by atoms with van der Waals surface area (Å²) in [7, 11) is 1.52. The molecule has 2 N–H and O–H groups in total. The molecular weight excluding hydrogens is 260 g/mol. The summed E-state index contributed by atoms with van der Waals surface area (Å²) in [6, 6.07) is 2.11. The van der Waals surface area contributed by atoms with Gasteiger partial charge in [-0.3, -0.25) is 0 Å². The molecule has 2 aromatic rings. The number of nitrogens with one attached hydrogen (secondary N) is 2. The molecule has 2 heterocycles. The molecule has 2 aromatic heterocycles. The minimum atomic E-state index is 0.262. The first-order valence-corrected chi connectivity index (χ1v) is 6.41. The van der Waals surface area contributed by atoms with E-state index >= 15 is 0 Å². The normalized spacial score (nSPS) is 10.3. The fraction of sp³-hybridized carbons (Fsp3) is 0.500. The van der Waals surface area contributed by atoms with Crippen LogP contribution in [-0.2, 0) is 6.54 Å². The van der Waals surface area contributed by atoms with Crippen LogP contribution in [0.25, 0.3) is 0 Å². The molecule has 20 heavy (non-hydrogen) atoms. The average Bonchev–Trinajstić information content (AvgIpc) is 2.88. The van der Waals surface area contributed by atoms with Gasteiger partial charge >= 0.3 is 6.01 Å². The Morgan fingerprint density at radius 2 is 1.95 bits per heavy atom. The van der Waals surface area contributed by atoms with Crippen molar-refractivity contribution in [2.45, 2.75) is 26.8 Å². The van der Waals surface area contributed by atoms with Crippen LogP contribution in [0.4, 0.5) is 11.9 Å². The predicted molar refractivity (Wildman–Crippen MR) is 73.7 cm³/mol. The molecule has 0 saturated carbocycles. The first-order valence-electron chi connectivity index (χ1n) is 6.41. The van der Waals surface area contributed by atoms with Crippen LogP contribution in [0.3, 0.4) is 0 Å². The molecule has 0 aliphatic heterocycles. The summed E-state index contributed by atoms with van der Waals surface area (Å²) in [6.45, 7) is 5.17. The standard InChI is InChI=1S/C12H18N6O2/c1-4-5-13-10-15-11(17-12(16-10)19-3)14-7-9-6-8(2)20-18-9/h6H,4-5,7H2,1-3H3,(H2,13,14,15,16,17). The number of nitrogens with zero attached hydrogens (tertiary/aromatic N) is 4. The Morgan fingerprint density at radius 1 is 1.20 bits per heavy atom. The smallest absolute Gasteiger partial charge is 0.322 e. The lowest BCUT2D eigenvalue weighted by Gasteiger charge is -2.08. The lowest BCUT2D eigenvalue weighted by Crippen LogP contribution is -2.10. The number of anilines is 2. The van der Waals surface area contributed by atoms with Gasteiger partial charge in [0, 0.05) is 12.6 Å². The zero-order valence-electron chi connectivity index (χ0n) is 11.8. The third-order valence-corrected chi connectivity index (χ3v) is 2.43. The number of aromatic nitrogens is 4. The summed E-state index contributed by atoms with van der Waals surface area (Å²) in [5.74, 6) is 1.67. The molecule has 0 fully saturated rings. The highest BCUT2D eigenvalue weighted by Crippen LogP contribution is 2.12. The molecule has 0 spiro atoms. The maximum atomic E-state index is 5.06. The highest BCUT2D eigenvalue weighted by molar-refractivity contribution is 5.36. The largest absolute Gasteiger partial charge is 0.467 e. The highest BCUT2D eigenvalue weighted by Gasteiger charge is 2.07. The van der Waals surface area contributed by atoms with Crippen LogP contribution in [0.1, 0.15) is 24.8 Å². The van der Waals surface area contributed by atoms with Crippen molar-refractivity contribution in [1.29, 1.82) is 0 Å². The Hall–Kier alpha value is -2.38. The molecule has 8 heteroatoms. The second-order valence-corrected chi connectivity index (χ2v) is 4.18. The van der Waals surface area contributed by atoms with E-state index in [2.05, 4.69) is 37.7 Å². The zero-order chi connectivity index (χ0) is 14.4. The summed E-state index contributed by atoms with van der Waals surface area (Å²) >= 11 is 0. The third kappa shape index (κ3) is 3.81. The van der Waals surface area contributed by atoms with Gasteiger partial charge in [-0.05, 0) is 13.3 Å². The Labute approximate surface area is 117 Å². The van der Waals surface area contributed by atoms with Crippen molar-refractivity contribution in [3.05, 3.63) is 17.5 Å². The quantitative estimate of drug-likeness (QED) is 0.788. The van der Waals surface area contributed by atoms with Gasteiger partial charge in [0.2, 0.25) is 11.9 Å². The SMILES string of the molecule is CCCNc1nc(NCc2cc(C)on2)nc(OC)n1. The van der Waals surface area contributed by atoms with E-state index in [9.17, 15) is 0 Å². The Morgan fingerprint density at radius 3 is 2.55 bits per heavy atom. The number of hydrogen-bond acceptors (Lipinski definition) is 8. The number of ether oxygens (including phenoxy) is 1. The molecule has 108 valence electrons. The Balaban J connectivity index is 2.05. The van der Waals surface area contributed by atoms with Crippen LogP contribution in [0.2, 0.25) is 0 Å². The van der Waals surface area contributed by atoms with Crippen molar-refractivity contribution < 1.29 is 9.26 Å². The van der Waals surface area contributed by atoms with Crippen molar-refractivity contribution in [2.24, 2.45) is 0 Å². The predicted octanol–water partition coefficient (Wildman–Crippen LogP) is 1.61. The van der Waals surface area contributed by atoms with Crippen LogP contribution < -0.4 is 15.4 Å². The molecule has 0 bridgehead atoms. The third-order valence-electron chi connectivity index (χ3n) is 2.43. The van der Waals surface area contributed by atoms with Crippen molar-refractivity contribution in [1.82, 2.24) is 20.1 Å². The molecular formula is C12H18N6O2. The maximum absolute atomic E-state index is 5.06. The molecule has 0 saturated heterocycles. The van der Waals surface area contributed by atoms with E-state index in [-0.39, 0.29) is 6.01 Å². The average molecular weight is 278 g/mol. The molecule has 0 radical (unpaired) electrons.